The molecule has 0 fully saturated rings. The van der Waals surface area contributed by atoms with Crippen molar-refractivity contribution < 1.29 is 9.90 Å². The molecule has 0 bridgehead atoms. The molecule has 2 N–H and O–H groups in total. The Bertz CT molecular complexity index is 326. The molecular formula is C10H14N2O2. The van der Waals surface area contributed by atoms with E-state index in [0.29, 0.717) is 17.9 Å². The van der Waals surface area contributed by atoms with Crippen LogP contribution in [0.2, 0.25) is 0 Å². The molecule has 0 aliphatic heterocycles. The first kappa shape index (κ1) is 10.5. The van der Waals surface area contributed by atoms with Crippen LogP contribution < -0.4 is 5.32 Å². The molecule has 1 atom stereocenters. The quantitative estimate of drug-likeness (QED) is 0.765. The van der Waals surface area contributed by atoms with Gasteiger partial charge in [0, 0.05) is 7.05 Å². The summed E-state index contributed by atoms with van der Waals surface area (Å²) in [5, 5.41) is 11.8. The van der Waals surface area contributed by atoms with E-state index < -0.39 is 11.9 Å². The number of nitrogens with zero attached hydrogens (tertiary/aromatic N) is 1. The van der Waals surface area contributed by atoms with Crippen LogP contribution in [0.4, 0.5) is 5.82 Å². The number of rotatable bonds is 4. The molecule has 1 rings (SSSR count). The lowest BCUT2D eigenvalue weighted by atomic mass is 10.0. The fourth-order valence-corrected chi connectivity index (χ4v) is 1.30. The minimum absolute atomic E-state index is 0.511. The van der Waals surface area contributed by atoms with Crippen LogP contribution in [0.3, 0.4) is 0 Å². The topological polar surface area (TPSA) is 62.2 Å². The Balaban J connectivity index is 2.98. The lowest BCUT2D eigenvalue weighted by Gasteiger charge is -2.09. The van der Waals surface area contributed by atoms with Crippen molar-refractivity contribution in [3.05, 3.63) is 23.9 Å². The van der Waals surface area contributed by atoms with E-state index in [-0.39, 0.29) is 0 Å². The Hall–Kier alpha value is -1.58. The first-order chi connectivity index (χ1) is 6.69. The molecule has 14 heavy (non-hydrogen) atoms. The lowest BCUT2D eigenvalue weighted by molar-refractivity contribution is -0.138. The molecule has 1 unspecified atom stereocenters. The second-order valence-corrected chi connectivity index (χ2v) is 3.00. The summed E-state index contributed by atoms with van der Waals surface area (Å²) in [6, 6.07) is 5.35. The van der Waals surface area contributed by atoms with Crippen LogP contribution in [-0.4, -0.2) is 23.1 Å². The summed E-state index contributed by atoms with van der Waals surface area (Å²) >= 11 is 0. The van der Waals surface area contributed by atoms with Gasteiger partial charge in [-0.1, -0.05) is 13.0 Å². The number of aliphatic carboxylic acids is 1. The summed E-state index contributed by atoms with van der Waals surface area (Å²) in [5.74, 6) is -0.640. The molecule has 1 heterocycles. The minimum Gasteiger partial charge on any atom is -0.481 e. The van der Waals surface area contributed by atoms with E-state index in [1.165, 1.54) is 0 Å². The predicted molar refractivity (Wildman–Crippen MR) is 54.5 cm³/mol. The number of carboxylic acid groups (broad SMARTS) is 1. The van der Waals surface area contributed by atoms with Crippen LogP contribution in [0.25, 0.3) is 0 Å². The number of hydrogen-bond acceptors (Lipinski definition) is 3. The highest BCUT2D eigenvalue weighted by Crippen LogP contribution is 2.18. The largest absolute Gasteiger partial charge is 0.481 e. The molecule has 0 amide bonds. The SMILES string of the molecule is CCC(C(=O)O)c1cccc(NC)n1. The molecule has 4 heteroatoms. The van der Waals surface area contributed by atoms with Gasteiger partial charge >= 0.3 is 5.97 Å². The van der Waals surface area contributed by atoms with Crippen molar-refractivity contribution >= 4 is 11.8 Å². The average molecular weight is 194 g/mol. The number of pyridine rings is 1. The fraction of sp³-hybridized carbons (Fsp3) is 0.400. The van der Waals surface area contributed by atoms with Crippen molar-refractivity contribution in [3.8, 4) is 0 Å². The molecule has 0 aliphatic carbocycles. The molecule has 0 spiro atoms. The number of carboxylic acids is 1. The molecule has 0 radical (unpaired) electrons. The van der Waals surface area contributed by atoms with E-state index in [0.717, 1.165) is 0 Å². The monoisotopic (exact) mass is 194 g/mol. The first-order valence-electron chi connectivity index (χ1n) is 4.56. The van der Waals surface area contributed by atoms with Gasteiger partial charge in [0.1, 0.15) is 5.82 Å². The zero-order chi connectivity index (χ0) is 10.6. The molecule has 1 aromatic heterocycles. The van der Waals surface area contributed by atoms with E-state index in [2.05, 4.69) is 10.3 Å². The van der Waals surface area contributed by atoms with E-state index in [4.69, 9.17) is 5.11 Å². The minimum atomic E-state index is -0.826. The maximum absolute atomic E-state index is 10.9. The summed E-state index contributed by atoms with van der Waals surface area (Å²) in [5.41, 5.74) is 0.604. The second kappa shape index (κ2) is 4.60. The van der Waals surface area contributed by atoms with Gasteiger partial charge in [0.15, 0.2) is 0 Å². The summed E-state index contributed by atoms with van der Waals surface area (Å²) in [4.78, 5) is 15.1. The van der Waals surface area contributed by atoms with Gasteiger partial charge < -0.3 is 10.4 Å². The lowest BCUT2D eigenvalue weighted by Crippen LogP contribution is -2.12. The van der Waals surface area contributed by atoms with Crippen LogP contribution in [0, 0.1) is 0 Å². The van der Waals surface area contributed by atoms with Crippen molar-refractivity contribution in [2.24, 2.45) is 0 Å². The first-order valence-corrected chi connectivity index (χ1v) is 4.56. The third-order valence-electron chi connectivity index (χ3n) is 2.09. The highest BCUT2D eigenvalue weighted by atomic mass is 16.4. The summed E-state index contributed by atoms with van der Waals surface area (Å²) in [6.07, 6.45) is 0.551. The van der Waals surface area contributed by atoms with Crippen molar-refractivity contribution in [3.63, 3.8) is 0 Å². The van der Waals surface area contributed by atoms with Gasteiger partial charge in [-0.15, -0.1) is 0 Å². The van der Waals surface area contributed by atoms with Crippen molar-refractivity contribution in [2.75, 3.05) is 12.4 Å². The Morgan fingerprint density at radius 3 is 2.86 bits per heavy atom. The van der Waals surface area contributed by atoms with Gasteiger partial charge in [-0.2, -0.15) is 0 Å². The third-order valence-corrected chi connectivity index (χ3v) is 2.09. The molecule has 76 valence electrons. The van der Waals surface area contributed by atoms with Gasteiger partial charge in [0.2, 0.25) is 0 Å². The molecule has 0 saturated carbocycles. The second-order valence-electron chi connectivity index (χ2n) is 3.00. The predicted octanol–water partition coefficient (Wildman–Crippen LogP) is 1.70. The Labute approximate surface area is 83.0 Å². The summed E-state index contributed by atoms with van der Waals surface area (Å²) < 4.78 is 0. The van der Waals surface area contributed by atoms with Gasteiger partial charge in [0.05, 0.1) is 11.6 Å². The average Bonchev–Trinajstić information content (AvgIpc) is 2.19. The van der Waals surface area contributed by atoms with Gasteiger partial charge in [-0.25, -0.2) is 4.98 Å². The van der Waals surface area contributed by atoms with Crippen molar-refractivity contribution in [2.45, 2.75) is 19.3 Å². The maximum atomic E-state index is 10.9. The highest BCUT2D eigenvalue weighted by Gasteiger charge is 2.18. The number of anilines is 1. The van der Waals surface area contributed by atoms with E-state index >= 15 is 0 Å². The van der Waals surface area contributed by atoms with Crippen LogP contribution in [0.15, 0.2) is 18.2 Å². The van der Waals surface area contributed by atoms with Crippen LogP contribution in [0.1, 0.15) is 25.0 Å². The van der Waals surface area contributed by atoms with Crippen LogP contribution in [-0.2, 0) is 4.79 Å². The Morgan fingerprint density at radius 1 is 1.64 bits per heavy atom. The Kier molecular flexibility index (Phi) is 3.45. The number of carbonyl (C=O) groups is 1. The summed E-state index contributed by atoms with van der Waals surface area (Å²) in [6.45, 7) is 1.84. The van der Waals surface area contributed by atoms with Crippen LogP contribution in [0.5, 0.6) is 0 Å². The zero-order valence-corrected chi connectivity index (χ0v) is 8.32. The molecule has 1 aromatic rings. The molecule has 0 aromatic carbocycles. The van der Waals surface area contributed by atoms with E-state index in [9.17, 15) is 4.79 Å². The fourth-order valence-electron chi connectivity index (χ4n) is 1.30. The zero-order valence-electron chi connectivity index (χ0n) is 8.32. The third kappa shape index (κ3) is 2.22. The molecular weight excluding hydrogens is 180 g/mol. The Morgan fingerprint density at radius 2 is 2.36 bits per heavy atom. The van der Waals surface area contributed by atoms with Crippen LogP contribution >= 0.6 is 0 Å². The molecule has 0 aliphatic rings. The standard InChI is InChI=1S/C10H14N2O2/c1-3-7(10(13)14)8-5-4-6-9(11-2)12-8/h4-7H,3H2,1-2H3,(H,11,12)(H,13,14). The number of nitrogens with one attached hydrogen (secondary N) is 1. The van der Waals surface area contributed by atoms with Crippen molar-refractivity contribution in [1.82, 2.24) is 4.98 Å². The number of aromatic nitrogens is 1. The number of hydrogen-bond donors (Lipinski definition) is 2. The van der Waals surface area contributed by atoms with E-state index in [1.807, 2.05) is 6.92 Å². The normalized spacial score (nSPS) is 12.1. The van der Waals surface area contributed by atoms with Gasteiger partial charge in [-0.05, 0) is 18.6 Å². The smallest absolute Gasteiger partial charge is 0.312 e. The van der Waals surface area contributed by atoms with Gasteiger partial charge in [0.25, 0.3) is 0 Å². The van der Waals surface area contributed by atoms with Gasteiger partial charge in [-0.3, -0.25) is 4.79 Å². The molecule has 4 nitrogen and oxygen atoms in total. The maximum Gasteiger partial charge on any atom is 0.312 e. The highest BCUT2D eigenvalue weighted by molar-refractivity contribution is 5.75. The van der Waals surface area contributed by atoms with Crippen molar-refractivity contribution in [1.29, 1.82) is 0 Å². The van der Waals surface area contributed by atoms with E-state index in [1.54, 1.807) is 25.2 Å². The molecule has 0 saturated heterocycles. The summed E-state index contributed by atoms with van der Waals surface area (Å²) in [7, 11) is 1.76.